The number of nitrogens with one attached hydrogen (secondary N) is 2. The largest absolute Gasteiger partial charge is 0.393 e. The highest BCUT2D eigenvalue weighted by atomic mass is 127. The SMILES string of the molecule is CCNC(=NCCOCCS(C)(=O)=O)NC1CCC(O)CC1.I. The van der Waals surface area contributed by atoms with Gasteiger partial charge in [-0.05, 0) is 32.6 Å². The Morgan fingerprint density at radius 3 is 2.48 bits per heavy atom. The number of hydrogen-bond donors (Lipinski definition) is 3. The van der Waals surface area contributed by atoms with Crippen molar-refractivity contribution < 1.29 is 18.3 Å². The molecule has 0 heterocycles. The molecule has 0 unspecified atom stereocenters. The van der Waals surface area contributed by atoms with E-state index in [2.05, 4.69) is 15.6 Å². The summed E-state index contributed by atoms with van der Waals surface area (Å²) in [7, 11) is -2.97. The van der Waals surface area contributed by atoms with Crippen LogP contribution in [0.3, 0.4) is 0 Å². The highest BCUT2D eigenvalue weighted by Gasteiger charge is 2.19. The molecular weight excluding hydrogens is 433 g/mol. The maximum absolute atomic E-state index is 11.0. The van der Waals surface area contributed by atoms with Crippen LogP contribution in [-0.4, -0.2) is 69.9 Å². The van der Waals surface area contributed by atoms with Gasteiger partial charge in [0.2, 0.25) is 0 Å². The molecule has 23 heavy (non-hydrogen) atoms. The van der Waals surface area contributed by atoms with Crippen LogP contribution < -0.4 is 10.6 Å². The molecule has 0 amide bonds. The first-order chi connectivity index (χ1) is 10.4. The summed E-state index contributed by atoms with van der Waals surface area (Å²) in [6, 6.07) is 0.340. The van der Waals surface area contributed by atoms with E-state index in [-0.39, 0.29) is 42.4 Å². The lowest BCUT2D eigenvalue weighted by Crippen LogP contribution is -2.45. The number of guanidine groups is 1. The standard InChI is InChI=1S/C14H29N3O4S.HI/c1-3-15-14(17-12-4-6-13(18)7-5-12)16-8-9-21-10-11-22(2,19)20;/h12-13,18H,3-11H2,1-2H3,(H2,15,16,17);1H. The zero-order valence-electron chi connectivity index (χ0n) is 14.0. The molecule has 0 spiro atoms. The molecule has 9 heteroatoms. The van der Waals surface area contributed by atoms with Crippen LogP contribution in [0.25, 0.3) is 0 Å². The Hall–Kier alpha value is -0.130. The smallest absolute Gasteiger partial charge is 0.191 e. The van der Waals surface area contributed by atoms with Crippen molar-refractivity contribution in [3.8, 4) is 0 Å². The van der Waals surface area contributed by atoms with E-state index >= 15 is 0 Å². The average Bonchev–Trinajstić information content (AvgIpc) is 2.44. The normalized spacial score (nSPS) is 22.3. The van der Waals surface area contributed by atoms with Crippen LogP contribution in [-0.2, 0) is 14.6 Å². The third-order valence-electron chi connectivity index (χ3n) is 3.49. The molecule has 0 aliphatic heterocycles. The summed E-state index contributed by atoms with van der Waals surface area (Å²) < 4.78 is 27.2. The maximum Gasteiger partial charge on any atom is 0.191 e. The van der Waals surface area contributed by atoms with Gasteiger partial charge in [0.05, 0.1) is 31.6 Å². The van der Waals surface area contributed by atoms with Crippen molar-refractivity contribution in [1.82, 2.24) is 10.6 Å². The molecule has 0 aromatic carbocycles. The van der Waals surface area contributed by atoms with Crippen LogP contribution >= 0.6 is 24.0 Å². The Morgan fingerprint density at radius 2 is 1.91 bits per heavy atom. The molecule has 0 atom stereocenters. The van der Waals surface area contributed by atoms with Crippen molar-refractivity contribution in [3.63, 3.8) is 0 Å². The van der Waals surface area contributed by atoms with Crippen molar-refractivity contribution in [2.75, 3.05) is 38.3 Å². The molecule has 138 valence electrons. The highest BCUT2D eigenvalue weighted by Crippen LogP contribution is 2.18. The van der Waals surface area contributed by atoms with Crippen molar-refractivity contribution in [3.05, 3.63) is 0 Å². The number of aliphatic imine (C=N–C) groups is 1. The molecule has 1 rings (SSSR count). The first-order valence-corrected chi connectivity index (χ1v) is 9.95. The van der Waals surface area contributed by atoms with E-state index in [1.807, 2.05) is 6.92 Å². The molecule has 1 saturated carbocycles. The molecule has 0 aromatic heterocycles. The molecule has 0 saturated heterocycles. The van der Waals surface area contributed by atoms with E-state index in [9.17, 15) is 13.5 Å². The van der Waals surface area contributed by atoms with E-state index in [1.165, 1.54) is 6.26 Å². The van der Waals surface area contributed by atoms with Gasteiger partial charge in [0.25, 0.3) is 0 Å². The van der Waals surface area contributed by atoms with Crippen molar-refractivity contribution in [2.45, 2.75) is 44.8 Å². The Kier molecular flexibility index (Phi) is 12.2. The van der Waals surface area contributed by atoms with Crippen LogP contribution in [0, 0.1) is 0 Å². The van der Waals surface area contributed by atoms with Gasteiger partial charge in [-0.3, -0.25) is 4.99 Å². The minimum Gasteiger partial charge on any atom is -0.393 e. The van der Waals surface area contributed by atoms with Crippen molar-refractivity contribution in [2.24, 2.45) is 4.99 Å². The highest BCUT2D eigenvalue weighted by molar-refractivity contribution is 14.0. The van der Waals surface area contributed by atoms with Gasteiger partial charge in [-0.2, -0.15) is 0 Å². The Balaban J connectivity index is 0.00000484. The fourth-order valence-corrected chi connectivity index (χ4v) is 2.69. The third kappa shape index (κ3) is 12.0. The van der Waals surface area contributed by atoms with Gasteiger partial charge in [0.15, 0.2) is 5.96 Å². The zero-order valence-corrected chi connectivity index (χ0v) is 17.1. The van der Waals surface area contributed by atoms with Crippen molar-refractivity contribution in [1.29, 1.82) is 0 Å². The number of halogens is 1. The van der Waals surface area contributed by atoms with Gasteiger partial charge >= 0.3 is 0 Å². The minimum atomic E-state index is -2.97. The van der Waals surface area contributed by atoms with Crippen LogP contribution in [0.1, 0.15) is 32.6 Å². The van der Waals surface area contributed by atoms with Gasteiger partial charge in [-0.15, -0.1) is 24.0 Å². The van der Waals surface area contributed by atoms with Crippen LogP contribution in [0.4, 0.5) is 0 Å². The number of aliphatic hydroxyl groups is 1. The molecule has 3 N–H and O–H groups in total. The Morgan fingerprint density at radius 1 is 1.26 bits per heavy atom. The minimum absolute atomic E-state index is 0. The second-order valence-corrected chi connectivity index (χ2v) is 7.91. The lowest BCUT2D eigenvalue weighted by molar-refractivity contribution is 0.120. The van der Waals surface area contributed by atoms with Crippen LogP contribution in [0.5, 0.6) is 0 Å². The Labute approximate surface area is 156 Å². The fourth-order valence-electron chi connectivity index (χ4n) is 2.27. The predicted molar refractivity (Wildman–Crippen MR) is 103 cm³/mol. The van der Waals surface area contributed by atoms with Crippen molar-refractivity contribution >= 4 is 39.8 Å². The monoisotopic (exact) mass is 463 g/mol. The Bertz CT molecular complexity index is 437. The number of ether oxygens (including phenoxy) is 1. The van der Waals surface area contributed by atoms with E-state index in [0.29, 0.717) is 19.2 Å². The fraction of sp³-hybridized carbons (Fsp3) is 0.929. The zero-order chi connectivity index (χ0) is 16.4. The molecule has 0 aromatic rings. The summed E-state index contributed by atoms with van der Waals surface area (Å²) in [6.07, 6.45) is 4.56. The quantitative estimate of drug-likeness (QED) is 0.210. The molecule has 0 bridgehead atoms. The van der Waals surface area contributed by atoms with Gasteiger partial charge in [-0.1, -0.05) is 0 Å². The number of aliphatic hydroxyl groups excluding tert-OH is 1. The lowest BCUT2D eigenvalue weighted by Gasteiger charge is -2.27. The van der Waals surface area contributed by atoms with E-state index < -0.39 is 9.84 Å². The second-order valence-electron chi connectivity index (χ2n) is 5.65. The average molecular weight is 463 g/mol. The van der Waals surface area contributed by atoms with Gasteiger partial charge in [0, 0.05) is 18.8 Å². The van der Waals surface area contributed by atoms with Crippen LogP contribution in [0.2, 0.25) is 0 Å². The van der Waals surface area contributed by atoms with E-state index in [4.69, 9.17) is 4.74 Å². The lowest BCUT2D eigenvalue weighted by atomic mass is 9.93. The number of hydrogen-bond acceptors (Lipinski definition) is 5. The summed E-state index contributed by atoms with van der Waals surface area (Å²) in [5.74, 6) is 0.787. The molecule has 0 radical (unpaired) electrons. The molecular formula is C14H30IN3O4S. The number of nitrogens with zero attached hydrogens (tertiary/aromatic N) is 1. The third-order valence-corrected chi connectivity index (χ3v) is 4.39. The molecule has 1 aliphatic carbocycles. The molecule has 1 fully saturated rings. The number of rotatable bonds is 8. The van der Waals surface area contributed by atoms with Gasteiger partial charge < -0.3 is 20.5 Å². The maximum atomic E-state index is 11.0. The molecule has 1 aliphatic rings. The summed E-state index contributed by atoms with van der Waals surface area (Å²) >= 11 is 0. The van der Waals surface area contributed by atoms with Crippen LogP contribution in [0.15, 0.2) is 4.99 Å². The summed E-state index contributed by atoms with van der Waals surface area (Å²) in [4.78, 5) is 4.42. The summed E-state index contributed by atoms with van der Waals surface area (Å²) in [5, 5.41) is 16.1. The summed E-state index contributed by atoms with van der Waals surface area (Å²) in [5.41, 5.74) is 0. The first-order valence-electron chi connectivity index (χ1n) is 7.89. The summed E-state index contributed by atoms with van der Waals surface area (Å²) in [6.45, 7) is 3.86. The topological polar surface area (TPSA) is 100 Å². The van der Waals surface area contributed by atoms with Gasteiger partial charge in [0.1, 0.15) is 9.84 Å². The van der Waals surface area contributed by atoms with Gasteiger partial charge in [-0.25, -0.2) is 8.42 Å². The second kappa shape index (κ2) is 12.3. The predicted octanol–water partition coefficient (Wildman–Crippen LogP) is 0.524. The molecule has 7 nitrogen and oxygen atoms in total. The van der Waals surface area contributed by atoms with E-state index in [0.717, 1.165) is 38.2 Å². The van der Waals surface area contributed by atoms with E-state index in [1.54, 1.807) is 0 Å². The number of sulfone groups is 1. The first kappa shape index (κ1) is 22.9.